The third kappa shape index (κ3) is 7.51. The number of hydrogen-bond donors (Lipinski definition) is 1. The van der Waals surface area contributed by atoms with Crippen LogP contribution in [0, 0.1) is 11.8 Å². The third-order valence-electron chi connectivity index (χ3n) is 3.58. The first-order chi connectivity index (χ1) is 9.50. The Morgan fingerprint density at radius 2 is 1.85 bits per heavy atom. The zero-order valence-corrected chi connectivity index (χ0v) is 13.7. The molecule has 0 saturated carbocycles. The summed E-state index contributed by atoms with van der Waals surface area (Å²) in [6.07, 6.45) is 6.30. The molecule has 1 aliphatic heterocycles. The number of amides is 2. The summed E-state index contributed by atoms with van der Waals surface area (Å²) < 4.78 is 0. The van der Waals surface area contributed by atoms with Gasteiger partial charge >= 0.3 is 0 Å². The summed E-state index contributed by atoms with van der Waals surface area (Å²) >= 11 is 0. The Morgan fingerprint density at radius 1 is 1.25 bits per heavy atom. The Bertz CT molecular complexity index is 290. The van der Waals surface area contributed by atoms with E-state index in [-0.39, 0.29) is 17.7 Å². The van der Waals surface area contributed by atoms with Crippen molar-refractivity contribution in [2.75, 3.05) is 13.1 Å². The lowest BCUT2D eigenvalue weighted by Gasteiger charge is -2.15. The number of likely N-dealkylation sites (tertiary alicyclic amines) is 1. The number of nitrogens with zero attached hydrogens (tertiary/aromatic N) is 1. The van der Waals surface area contributed by atoms with E-state index in [4.69, 9.17) is 5.73 Å². The van der Waals surface area contributed by atoms with Crippen LogP contribution in [0.4, 0.5) is 0 Å². The van der Waals surface area contributed by atoms with Crippen molar-refractivity contribution in [2.24, 2.45) is 17.6 Å². The molecule has 1 saturated heterocycles. The minimum atomic E-state index is -0.345. The SMILES string of the molecule is CC.CC(C)CCCCCCN1CC(C(N)=O)CC1=O. The van der Waals surface area contributed by atoms with E-state index in [1.165, 1.54) is 19.3 Å². The predicted octanol–water partition coefficient (Wildman–Crippen LogP) is 2.95. The molecule has 1 aliphatic rings. The molecule has 1 heterocycles. The van der Waals surface area contributed by atoms with Crippen molar-refractivity contribution < 1.29 is 9.59 Å². The molecule has 20 heavy (non-hydrogen) atoms. The van der Waals surface area contributed by atoms with Crippen molar-refractivity contribution in [3.8, 4) is 0 Å². The fraction of sp³-hybridized carbons (Fsp3) is 0.875. The normalized spacial score (nSPS) is 18.1. The maximum absolute atomic E-state index is 11.6. The highest BCUT2D eigenvalue weighted by atomic mass is 16.2. The molecule has 2 amide bonds. The Hall–Kier alpha value is -1.06. The zero-order chi connectivity index (χ0) is 15.5. The molecular weight excluding hydrogens is 252 g/mol. The maximum atomic E-state index is 11.6. The van der Waals surface area contributed by atoms with Gasteiger partial charge in [-0.2, -0.15) is 0 Å². The molecule has 1 unspecified atom stereocenters. The van der Waals surface area contributed by atoms with Crippen LogP contribution in [-0.4, -0.2) is 29.8 Å². The number of unbranched alkanes of at least 4 members (excludes halogenated alkanes) is 3. The number of primary amides is 1. The third-order valence-corrected chi connectivity index (χ3v) is 3.58. The van der Waals surface area contributed by atoms with Gasteiger partial charge in [-0.05, 0) is 12.3 Å². The average Bonchev–Trinajstić information content (AvgIpc) is 2.77. The van der Waals surface area contributed by atoms with Crippen molar-refractivity contribution >= 4 is 11.8 Å². The molecule has 118 valence electrons. The first kappa shape index (κ1) is 18.9. The lowest BCUT2D eigenvalue weighted by atomic mass is 10.0. The van der Waals surface area contributed by atoms with Crippen LogP contribution in [0.1, 0.15) is 66.2 Å². The standard InChI is InChI=1S/C14H26N2O2.C2H6/c1-11(2)7-5-3-4-6-8-16-10-12(14(15)18)9-13(16)17;1-2/h11-12H,3-10H2,1-2H3,(H2,15,18);1-2H3. The Kier molecular flexibility index (Phi) is 10.1. The lowest BCUT2D eigenvalue weighted by molar-refractivity contribution is -0.128. The zero-order valence-electron chi connectivity index (χ0n) is 13.7. The number of rotatable bonds is 8. The Balaban J connectivity index is 0.00000172. The van der Waals surface area contributed by atoms with Crippen LogP contribution in [0.5, 0.6) is 0 Å². The monoisotopic (exact) mass is 284 g/mol. The Labute approximate surface area is 124 Å². The highest BCUT2D eigenvalue weighted by Gasteiger charge is 2.32. The van der Waals surface area contributed by atoms with Gasteiger partial charge < -0.3 is 10.6 Å². The molecule has 2 N–H and O–H groups in total. The van der Waals surface area contributed by atoms with E-state index in [0.29, 0.717) is 13.0 Å². The molecule has 1 fully saturated rings. The quantitative estimate of drug-likeness (QED) is 0.696. The number of carbonyl (C=O) groups is 2. The van der Waals surface area contributed by atoms with E-state index >= 15 is 0 Å². The fourth-order valence-electron chi connectivity index (χ4n) is 2.39. The first-order valence-electron chi connectivity index (χ1n) is 8.07. The molecule has 1 rings (SSSR count). The smallest absolute Gasteiger partial charge is 0.223 e. The summed E-state index contributed by atoms with van der Waals surface area (Å²) in [5.74, 6) is 0.253. The van der Waals surface area contributed by atoms with E-state index in [1.54, 1.807) is 4.90 Å². The van der Waals surface area contributed by atoms with Gasteiger partial charge in [0.25, 0.3) is 0 Å². The molecule has 0 aromatic rings. The van der Waals surface area contributed by atoms with Crippen molar-refractivity contribution in [1.29, 1.82) is 0 Å². The maximum Gasteiger partial charge on any atom is 0.223 e. The second-order valence-electron chi connectivity index (χ2n) is 5.74. The largest absolute Gasteiger partial charge is 0.369 e. The van der Waals surface area contributed by atoms with Gasteiger partial charge in [0.05, 0.1) is 5.92 Å². The molecule has 0 radical (unpaired) electrons. The van der Waals surface area contributed by atoms with E-state index in [2.05, 4.69) is 13.8 Å². The summed E-state index contributed by atoms with van der Waals surface area (Å²) in [6, 6.07) is 0. The van der Waals surface area contributed by atoms with E-state index < -0.39 is 0 Å². The second kappa shape index (κ2) is 10.7. The van der Waals surface area contributed by atoms with E-state index in [0.717, 1.165) is 25.3 Å². The van der Waals surface area contributed by atoms with Gasteiger partial charge in [0, 0.05) is 19.5 Å². The summed E-state index contributed by atoms with van der Waals surface area (Å²) in [5, 5.41) is 0. The highest BCUT2D eigenvalue weighted by molar-refractivity contribution is 5.88. The summed E-state index contributed by atoms with van der Waals surface area (Å²) in [6.45, 7) is 9.80. The number of hydrogen-bond acceptors (Lipinski definition) is 2. The van der Waals surface area contributed by atoms with Crippen molar-refractivity contribution in [2.45, 2.75) is 66.2 Å². The second-order valence-corrected chi connectivity index (χ2v) is 5.74. The van der Waals surface area contributed by atoms with Crippen molar-refractivity contribution in [1.82, 2.24) is 4.90 Å². The van der Waals surface area contributed by atoms with Gasteiger partial charge in [0.15, 0.2) is 0 Å². The van der Waals surface area contributed by atoms with Gasteiger partial charge in [0.2, 0.25) is 11.8 Å². The number of nitrogens with two attached hydrogens (primary N) is 1. The molecular formula is C16H32N2O2. The summed E-state index contributed by atoms with van der Waals surface area (Å²) in [7, 11) is 0. The van der Waals surface area contributed by atoms with Gasteiger partial charge in [0.1, 0.15) is 0 Å². The molecule has 4 heteroatoms. The lowest BCUT2D eigenvalue weighted by Crippen LogP contribution is -2.29. The summed E-state index contributed by atoms with van der Waals surface area (Å²) in [5.41, 5.74) is 5.23. The summed E-state index contributed by atoms with van der Waals surface area (Å²) in [4.78, 5) is 24.4. The molecule has 0 bridgehead atoms. The van der Waals surface area contributed by atoms with Crippen LogP contribution < -0.4 is 5.73 Å². The van der Waals surface area contributed by atoms with Gasteiger partial charge in [-0.15, -0.1) is 0 Å². The van der Waals surface area contributed by atoms with Crippen molar-refractivity contribution in [3.63, 3.8) is 0 Å². The van der Waals surface area contributed by atoms with E-state index in [1.807, 2.05) is 13.8 Å². The first-order valence-corrected chi connectivity index (χ1v) is 8.07. The van der Waals surface area contributed by atoms with Crippen LogP contribution in [0.3, 0.4) is 0 Å². The average molecular weight is 284 g/mol. The van der Waals surface area contributed by atoms with Crippen LogP contribution >= 0.6 is 0 Å². The van der Waals surface area contributed by atoms with Crippen LogP contribution in [0.2, 0.25) is 0 Å². The van der Waals surface area contributed by atoms with Crippen LogP contribution in [0.25, 0.3) is 0 Å². The predicted molar refractivity (Wildman–Crippen MR) is 83.2 cm³/mol. The minimum Gasteiger partial charge on any atom is -0.369 e. The van der Waals surface area contributed by atoms with Gasteiger partial charge in [-0.3, -0.25) is 9.59 Å². The molecule has 0 aromatic heterocycles. The van der Waals surface area contributed by atoms with Crippen molar-refractivity contribution in [3.05, 3.63) is 0 Å². The molecule has 0 aromatic carbocycles. The van der Waals surface area contributed by atoms with Gasteiger partial charge in [-0.1, -0.05) is 53.4 Å². The minimum absolute atomic E-state index is 0.0842. The molecule has 4 nitrogen and oxygen atoms in total. The number of carbonyl (C=O) groups excluding carboxylic acids is 2. The topological polar surface area (TPSA) is 63.4 Å². The van der Waals surface area contributed by atoms with E-state index in [9.17, 15) is 9.59 Å². The van der Waals surface area contributed by atoms with Crippen LogP contribution in [-0.2, 0) is 9.59 Å². The molecule has 0 aliphatic carbocycles. The van der Waals surface area contributed by atoms with Gasteiger partial charge in [-0.25, -0.2) is 0 Å². The molecule has 1 atom stereocenters. The fourth-order valence-corrected chi connectivity index (χ4v) is 2.39. The van der Waals surface area contributed by atoms with Crippen LogP contribution in [0.15, 0.2) is 0 Å². The Morgan fingerprint density at radius 3 is 2.35 bits per heavy atom. The molecule has 0 spiro atoms. The highest BCUT2D eigenvalue weighted by Crippen LogP contribution is 2.18.